The highest BCUT2D eigenvalue weighted by Crippen LogP contribution is 2.21. The van der Waals surface area contributed by atoms with Gasteiger partial charge in [-0.3, -0.25) is 0 Å². The average molecular weight is 315 g/mol. The number of hydrogen-bond acceptors (Lipinski definition) is 3. The lowest BCUT2D eigenvalue weighted by Crippen LogP contribution is -2.36. The zero-order chi connectivity index (χ0) is 13.7. The molecule has 3 unspecified atom stereocenters. The van der Waals surface area contributed by atoms with Crippen LogP contribution in [0.15, 0.2) is 22.7 Å². The number of hydrogen-bond donors (Lipinski definition) is 3. The summed E-state index contributed by atoms with van der Waals surface area (Å²) in [4.78, 5) is 0. The molecule has 0 aromatic heterocycles. The van der Waals surface area contributed by atoms with Crippen molar-refractivity contribution < 1.29 is 5.11 Å². The minimum Gasteiger partial charge on any atom is -0.393 e. The van der Waals surface area contributed by atoms with Gasteiger partial charge >= 0.3 is 0 Å². The Labute approximate surface area is 118 Å². The number of nitrogens with two attached hydrogens (primary N) is 1. The smallest absolute Gasteiger partial charge is 0.0526 e. The monoisotopic (exact) mass is 314 g/mol. The van der Waals surface area contributed by atoms with Gasteiger partial charge in [-0.2, -0.15) is 0 Å². The fourth-order valence-electron chi connectivity index (χ4n) is 2.11. The summed E-state index contributed by atoms with van der Waals surface area (Å²) in [6.45, 7) is 6.49. The zero-order valence-electron chi connectivity index (χ0n) is 11.3. The minimum atomic E-state index is -0.294. The van der Waals surface area contributed by atoms with Gasteiger partial charge in [0.25, 0.3) is 0 Å². The van der Waals surface area contributed by atoms with Crippen molar-refractivity contribution in [2.45, 2.75) is 45.4 Å². The third-order valence-corrected chi connectivity index (χ3v) is 3.89. The predicted molar refractivity (Wildman–Crippen MR) is 79.6 cm³/mol. The summed E-state index contributed by atoms with van der Waals surface area (Å²) in [6.07, 6.45) is 0.434. The molecule has 3 nitrogen and oxygen atoms in total. The van der Waals surface area contributed by atoms with Crippen LogP contribution in [-0.2, 0) is 0 Å². The third-order valence-electron chi connectivity index (χ3n) is 3.00. The fourth-order valence-corrected chi connectivity index (χ4v) is 2.35. The fraction of sp³-hybridized carbons (Fsp3) is 0.571. The number of nitrogens with one attached hydrogen (secondary N) is 1. The minimum absolute atomic E-state index is 0.130. The van der Waals surface area contributed by atoms with Gasteiger partial charge < -0.3 is 16.2 Å². The Morgan fingerprint density at radius 3 is 2.56 bits per heavy atom. The van der Waals surface area contributed by atoms with Gasteiger partial charge in [-0.25, -0.2) is 0 Å². The molecule has 0 radical (unpaired) electrons. The number of aliphatic hydroxyl groups excluding tert-OH is 1. The molecule has 0 saturated carbocycles. The molecular formula is C14H23BrN2O. The molecular weight excluding hydrogens is 292 g/mol. The number of aliphatic hydroxyl groups is 1. The second kappa shape index (κ2) is 7.24. The topological polar surface area (TPSA) is 58.3 Å². The SMILES string of the molecule is Cc1cc(C(CN)NC(C)CC(C)O)ccc1Br. The lowest BCUT2D eigenvalue weighted by atomic mass is 10.0. The van der Waals surface area contributed by atoms with Crippen molar-refractivity contribution >= 4 is 15.9 Å². The van der Waals surface area contributed by atoms with E-state index >= 15 is 0 Å². The molecule has 0 heterocycles. The van der Waals surface area contributed by atoms with E-state index in [1.807, 2.05) is 6.07 Å². The molecule has 1 rings (SSSR count). The van der Waals surface area contributed by atoms with Crippen molar-refractivity contribution in [1.82, 2.24) is 5.32 Å². The molecule has 102 valence electrons. The number of halogens is 1. The highest BCUT2D eigenvalue weighted by atomic mass is 79.9. The van der Waals surface area contributed by atoms with Gasteiger partial charge in [0.05, 0.1) is 6.10 Å². The first-order chi connectivity index (χ1) is 8.43. The summed E-state index contributed by atoms with van der Waals surface area (Å²) in [7, 11) is 0. The van der Waals surface area contributed by atoms with Crippen molar-refractivity contribution in [3.05, 3.63) is 33.8 Å². The van der Waals surface area contributed by atoms with Crippen LogP contribution in [0.2, 0.25) is 0 Å². The summed E-state index contributed by atoms with van der Waals surface area (Å²) in [5, 5.41) is 12.8. The van der Waals surface area contributed by atoms with E-state index in [9.17, 15) is 5.11 Å². The molecule has 3 atom stereocenters. The summed E-state index contributed by atoms with van der Waals surface area (Å²) in [5.74, 6) is 0. The number of rotatable bonds is 6. The second-order valence-corrected chi connectivity index (χ2v) is 5.80. The number of aryl methyl sites for hydroxylation is 1. The Morgan fingerprint density at radius 2 is 2.06 bits per heavy atom. The lowest BCUT2D eigenvalue weighted by molar-refractivity contribution is 0.168. The van der Waals surface area contributed by atoms with E-state index in [0.717, 1.165) is 10.9 Å². The van der Waals surface area contributed by atoms with Crippen LogP contribution >= 0.6 is 15.9 Å². The van der Waals surface area contributed by atoms with Crippen molar-refractivity contribution in [3.8, 4) is 0 Å². The van der Waals surface area contributed by atoms with Gasteiger partial charge in [0.1, 0.15) is 0 Å². The second-order valence-electron chi connectivity index (χ2n) is 4.95. The molecule has 4 N–H and O–H groups in total. The van der Waals surface area contributed by atoms with Crippen molar-refractivity contribution in [1.29, 1.82) is 0 Å². The van der Waals surface area contributed by atoms with Gasteiger partial charge in [-0.1, -0.05) is 28.1 Å². The molecule has 0 aliphatic heterocycles. The molecule has 0 fully saturated rings. The maximum absolute atomic E-state index is 9.38. The summed E-state index contributed by atoms with van der Waals surface area (Å²) < 4.78 is 1.11. The van der Waals surface area contributed by atoms with Crippen LogP contribution in [0.3, 0.4) is 0 Å². The Kier molecular flexibility index (Phi) is 6.29. The van der Waals surface area contributed by atoms with Crippen LogP contribution in [0, 0.1) is 6.92 Å². The predicted octanol–water partition coefficient (Wildman–Crippen LogP) is 2.51. The van der Waals surface area contributed by atoms with E-state index in [4.69, 9.17) is 5.73 Å². The molecule has 1 aromatic rings. The van der Waals surface area contributed by atoms with Crippen LogP contribution in [0.1, 0.15) is 37.4 Å². The van der Waals surface area contributed by atoms with Gasteiger partial charge in [0, 0.05) is 23.1 Å². The van der Waals surface area contributed by atoms with Crippen molar-refractivity contribution in [2.24, 2.45) is 5.73 Å². The molecule has 0 aliphatic carbocycles. The Morgan fingerprint density at radius 1 is 1.39 bits per heavy atom. The Bertz CT molecular complexity index is 382. The van der Waals surface area contributed by atoms with E-state index in [-0.39, 0.29) is 18.2 Å². The van der Waals surface area contributed by atoms with E-state index in [0.29, 0.717) is 6.54 Å². The quantitative estimate of drug-likeness (QED) is 0.756. The highest BCUT2D eigenvalue weighted by Gasteiger charge is 2.14. The molecule has 1 aromatic carbocycles. The summed E-state index contributed by atoms with van der Waals surface area (Å²) in [5.41, 5.74) is 8.23. The molecule has 0 spiro atoms. The zero-order valence-corrected chi connectivity index (χ0v) is 12.9. The van der Waals surface area contributed by atoms with E-state index < -0.39 is 0 Å². The summed E-state index contributed by atoms with van der Waals surface area (Å²) in [6, 6.07) is 6.64. The number of benzene rings is 1. The van der Waals surface area contributed by atoms with E-state index in [2.05, 4.69) is 47.2 Å². The van der Waals surface area contributed by atoms with Gasteiger partial charge in [-0.05, 0) is 44.4 Å². The Balaban J connectivity index is 2.73. The molecule has 0 bridgehead atoms. The standard InChI is InChI=1S/C14H23BrN2O/c1-9-6-12(4-5-13(9)15)14(8-16)17-10(2)7-11(3)18/h4-6,10-11,14,17-18H,7-8,16H2,1-3H3. The van der Waals surface area contributed by atoms with Gasteiger partial charge in [0.15, 0.2) is 0 Å². The first-order valence-electron chi connectivity index (χ1n) is 6.34. The normalized spacial score (nSPS) is 16.3. The third kappa shape index (κ3) is 4.69. The molecule has 4 heteroatoms. The van der Waals surface area contributed by atoms with Crippen molar-refractivity contribution in [2.75, 3.05) is 6.54 Å². The Hall–Kier alpha value is -0.420. The van der Waals surface area contributed by atoms with E-state index in [1.165, 1.54) is 11.1 Å². The molecule has 0 saturated heterocycles. The summed E-state index contributed by atoms with van der Waals surface area (Å²) >= 11 is 3.50. The first-order valence-corrected chi connectivity index (χ1v) is 7.13. The maximum Gasteiger partial charge on any atom is 0.0526 e. The van der Waals surface area contributed by atoms with Crippen LogP contribution in [-0.4, -0.2) is 23.8 Å². The maximum atomic E-state index is 9.38. The molecule has 0 amide bonds. The van der Waals surface area contributed by atoms with Crippen molar-refractivity contribution in [3.63, 3.8) is 0 Å². The van der Waals surface area contributed by atoms with Gasteiger partial charge in [-0.15, -0.1) is 0 Å². The average Bonchev–Trinajstić information content (AvgIpc) is 2.29. The first kappa shape index (κ1) is 15.6. The molecule has 0 aliphatic rings. The van der Waals surface area contributed by atoms with Crippen LogP contribution in [0.5, 0.6) is 0 Å². The van der Waals surface area contributed by atoms with Crippen LogP contribution in [0.4, 0.5) is 0 Å². The largest absolute Gasteiger partial charge is 0.393 e. The highest BCUT2D eigenvalue weighted by molar-refractivity contribution is 9.10. The lowest BCUT2D eigenvalue weighted by Gasteiger charge is -2.24. The van der Waals surface area contributed by atoms with Crippen LogP contribution < -0.4 is 11.1 Å². The van der Waals surface area contributed by atoms with Gasteiger partial charge in [0.2, 0.25) is 0 Å². The molecule has 18 heavy (non-hydrogen) atoms. The van der Waals surface area contributed by atoms with E-state index in [1.54, 1.807) is 6.92 Å². The van der Waals surface area contributed by atoms with Crippen LogP contribution in [0.25, 0.3) is 0 Å².